The van der Waals surface area contributed by atoms with Crippen molar-refractivity contribution in [2.75, 3.05) is 19.6 Å². The first kappa shape index (κ1) is 16.0. The molecule has 0 aromatic carbocycles. The summed E-state index contributed by atoms with van der Waals surface area (Å²) < 4.78 is 0. The zero-order chi connectivity index (χ0) is 14.4. The molecule has 3 N–H and O–H groups in total. The smallest absolute Gasteiger partial charge is 0.241 e. The molecule has 0 saturated heterocycles. The monoisotopic (exact) mass is 269 g/mol. The van der Waals surface area contributed by atoms with Crippen molar-refractivity contribution in [3.63, 3.8) is 0 Å². The van der Waals surface area contributed by atoms with Crippen LogP contribution in [-0.2, 0) is 9.59 Å². The molecule has 1 fully saturated rings. The zero-order valence-corrected chi connectivity index (χ0v) is 12.3. The van der Waals surface area contributed by atoms with E-state index in [2.05, 4.69) is 12.2 Å². The molecule has 0 bridgehead atoms. The van der Waals surface area contributed by atoms with Gasteiger partial charge in [-0.2, -0.15) is 0 Å². The van der Waals surface area contributed by atoms with Crippen LogP contribution in [-0.4, -0.2) is 42.4 Å². The summed E-state index contributed by atoms with van der Waals surface area (Å²) in [6.07, 6.45) is 3.02. The number of rotatable bonds is 5. The van der Waals surface area contributed by atoms with Crippen molar-refractivity contribution in [1.29, 1.82) is 0 Å². The van der Waals surface area contributed by atoms with Crippen molar-refractivity contribution < 1.29 is 9.59 Å². The van der Waals surface area contributed by atoms with Crippen molar-refractivity contribution in [1.82, 2.24) is 10.2 Å². The first-order valence-corrected chi connectivity index (χ1v) is 7.32. The molecule has 1 aliphatic carbocycles. The average molecular weight is 269 g/mol. The fourth-order valence-corrected chi connectivity index (χ4v) is 2.88. The molecule has 110 valence electrons. The summed E-state index contributed by atoms with van der Waals surface area (Å²) in [6, 6.07) is -0.0766. The van der Waals surface area contributed by atoms with Crippen LogP contribution in [0.2, 0.25) is 0 Å². The van der Waals surface area contributed by atoms with Crippen LogP contribution in [0.25, 0.3) is 0 Å². The topological polar surface area (TPSA) is 75.4 Å². The summed E-state index contributed by atoms with van der Waals surface area (Å²) in [4.78, 5) is 25.7. The summed E-state index contributed by atoms with van der Waals surface area (Å²) in [7, 11) is 0. The minimum Gasteiger partial charge on any atom is -0.347 e. The van der Waals surface area contributed by atoms with Gasteiger partial charge >= 0.3 is 0 Å². The van der Waals surface area contributed by atoms with Crippen LogP contribution in [0.15, 0.2) is 0 Å². The van der Waals surface area contributed by atoms with Crippen LogP contribution in [0.5, 0.6) is 0 Å². The van der Waals surface area contributed by atoms with Crippen molar-refractivity contribution >= 4 is 11.8 Å². The van der Waals surface area contributed by atoms with E-state index in [4.69, 9.17) is 5.73 Å². The van der Waals surface area contributed by atoms with E-state index in [1.54, 1.807) is 4.90 Å². The van der Waals surface area contributed by atoms with Gasteiger partial charge in [0.25, 0.3) is 0 Å². The highest BCUT2D eigenvalue weighted by Gasteiger charge is 2.34. The lowest BCUT2D eigenvalue weighted by atomic mass is 9.76. The van der Waals surface area contributed by atoms with E-state index < -0.39 is 0 Å². The quantitative estimate of drug-likeness (QED) is 0.773. The van der Waals surface area contributed by atoms with Crippen molar-refractivity contribution in [3.05, 3.63) is 0 Å². The lowest BCUT2D eigenvalue weighted by molar-refractivity contribution is -0.134. The number of nitrogens with one attached hydrogen (secondary N) is 1. The molecule has 5 heteroatoms. The predicted molar refractivity (Wildman–Crippen MR) is 75.4 cm³/mol. The largest absolute Gasteiger partial charge is 0.347 e. The Bertz CT molecular complexity index is 306. The molecule has 0 aromatic heterocycles. The first-order chi connectivity index (χ1) is 9.01. The number of likely N-dealkylation sites (N-methyl/N-ethyl adjacent to an activating group) is 1. The average Bonchev–Trinajstić information content (AvgIpc) is 2.37. The third-order valence-electron chi connectivity index (χ3n) is 4.10. The van der Waals surface area contributed by atoms with Gasteiger partial charge in [0.1, 0.15) is 0 Å². The summed E-state index contributed by atoms with van der Waals surface area (Å²) in [5, 5.41) is 2.75. The van der Waals surface area contributed by atoms with Crippen LogP contribution in [0, 0.1) is 11.8 Å². The predicted octanol–water partition coefficient (Wildman–Crippen LogP) is 0.735. The van der Waals surface area contributed by atoms with Crippen LogP contribution < -0.4 is 11.1 Å². The summed E-state index contributed by atoms with van der Waals surface area (Å²) in [5.41, 5.74) is 6.03. The van der Waals surface area contributed by atoms with Crippen molar-refractivity contribution in [2.24, 2.45) is 17.6 Å². The maximum atomic E-state index is 12.2. The van der Waals surface area contributed by atoms with Crippen LogP contribution in [0.3, 0.4) is 0 Å². The number of nitrogens with two attached hydrogens (primary N) is 1. The number of hydrogen-bond acceptors (Lipinski definition) is 3. The van der Waals surface area contributed by atoms with E-state index in [1.807, 2.05) is 13.8 Å². The second kappa shape index (κ2) is 7.48. The number of carbonyl (C=O) groups is 2. The molecule has 2 amide bonds. The minimum atomic E-state index is -0.154. The molecule has 0 aromatic rings. The van der Waals surface area contributed by atoms with Gasteiger partial charge in [0, 0.05) is 19.1 Å². The van der Waals surface area contributed by atoms with Gasteiger partial charge in [-0.15, -0.1) is 0 Å². The molecule has 0 radical (unpaired) electrons. The molecule has 1 aliphatic rings. The van der Waals surface area contributed by atoms with E-state index in [-0.39, 0.29) is 30.3 Å². The normalized spacial score (nSPS) is 26.8. The molecule has 3 unspecified atom stereocenters. The standard InChI is InChI=1S/C14H27N3O2/c1-4-17(5-2)12(18)9-16-14(19)13-10(3)7-6-8-11(13)15/h10-11,13H,4-9,15H2,1-3H3,(H,16,19). The van der Waals surface area contributed by atoms with Gasteiger partial charge in [-0.05, 0) is 32.6 Å². The van der Waals surface area contributed by atoms with Crippen LogP contribution in [0.1, 0.15) is 40.0 Å². The van der Waals surface area contributed by atoms with Crippen LogP contribution >= 0.6 is 0 Å². The molecular formula is C14H27N3O2. The number of nitrogens with zero attached hydrogens (tertiary/aromatic N) is 1. The molecule has 1 saturated carbocycles. The molecule has 19 heavy (non-hydrogen) atoms. The van der Waals surface area contributed by atoms with Gasteiger partial charge in [-0.25, -0.2) is 0 Å². The Balaban J connectivity index is 2.48. The summed E-state index contributed by atoms with van der Waals surface area (Å²) in [5.74, 6) is 0.0427. The number of amides is 2. The fraction of sp³-hybridized carbons (Fsp3) is 0.857. The Morgan fingerprint density at radius 1 is 1.26 bits per heavy atom. The maximum absolute atomic E-state index is 12.2. The van der Waals surface area contributed by atoms with E-state index in [0.29, 0.717) is 19.0 Å². The second-order valence-electron chi connectivity index (χ2n) is 5.38. The third-order valence-corrected chi connectivity index (χ3v) is 4.10. The third kappa shape index (κ3) is 4.20. The Kier molecular flexibility index (Phi) is 6.28. The lowest BCUT2D eigenvalue weighted by Crippen LogP contribution is -2.49. The Morgan fingerprint density at radius 2 is 1.89 bits per heavy atom. The Hall–Kier alpha value is -1.10. The highest BCUT2D eigenvalue weighted by molar-refractivity contribution is 5.86. The maximum Gasteiger partial charge on any atom is 0.241 e. The van der Waals surface area contributed by atoms with E-state index in [1.165, 1.54) is 0 Å². The highest BCUT2D eigenvalue weighted by Crippen LogP contribution is 2.28. The number of hydrogen-bond donors (Lipinski definition) is 2. The molecule has 3 atom stereocenters. The Labute approximate surface area is 115 Å². The van der Waals surface area contributed by atoms with Gasteiger partial charge in [0.05, 0.1) is 12.5 Å². The molecule has 1 rings (SSSR count). The molecule has 0 aliphatic heterocycles. The number of carbonyl (C=O) groups excluding carboxylic acids is 2. The van der Waals surface area contributed by atoms with E-state index >= 15 is 0 Å². The van der Waals surface area contributed by atoms with Gasteiger partial charge in [0.2, 0.25) is 11.8 Å². The fourth-order valence-electron chi connectivity index (χ4n) is 2.88. The van der Waals surface area contributed by atoms with E-state index in [9.17, 15) is 9.59 Å². The molecule has 0 spiro atoms. The summed E-state index contributed by atoms with van der Waals surface area (Å²) in [6.45, 7) is 7.35. The van der Waals surface area contributed by atoms with Gasteiger partial charge < -0.3 is 16.0 Å². The minimum absolute atomic E-state index is 0.0321. The molecule has 0 heterocycles. The zero-order valence-electron chi connectivity index (χ0n) is 12.3. The molecular weight excluding hydrogens is 242 g/mol. The summed E-state index contributed by atoms with van der Waals surface area (Å²) >= 11 is 0. The van der Waals surface area contributed by atoms with Gasteiger partial charge in [0.15, 0.2) is 0 Å². The SMILES string of the molecule is CCN(CC)C(=O)CNC(=O)C1C(C)CCCC1N. The van der Waals surface area contributed by atoms with E-state index in [0.717, 1.165) is 19.3 Å². The van der Waals surface area contributed by atoms with Crippen molar-refractivity contribution in [3.8, 4) is 0 Å². The first-order valence-electron chi connectivity index (χ1n) is 7.32. The van der Waals surface area contributed by atoms with Crippen molar-refractivity contribution in [2.45, 2.75) is 46.1 Å². The highest BCUT2D eigenvalue weighted by atomic mass is 16.2. The lowest BCUT2D eigenvalue weighted by Gasteiger charge is -2.33. The second-order valence-corrected chi connectivity index (χ2v) is 5.38. The van der Waals surface area contributed by atoms with Gasteiger partial charge in [-0.1, -0.05) is 13.3 Å². The Morgan fingerprint density at radius 3 is 2.42 bits per heavy atom. The van der Waals surface area contributed by atoms with Gasteiger partial charge in [-0.3, -0.25) is 9.59 Å². The molecule has 5 nitrogen and oxygen atoms in total. The van der Waals surface area contributed by atoms with Crippen LogP contribution in [0.4, 0.5) is 0 Å².